The summed E-state index contributed by atoms with van der Waals surface area (Å²) < 4.78 is 13.4. The van der Waals surface area contributed by atoms with Gasteiger partial charge in [0.15, 0.2) is 0 Å². The lowest BCUT2D eigenvalue weighted by molar-refractivity contribution is -0.380. The zero-order chi connectivity index (χ0) is 14.0. The van der Waals surface area contributed by atoms with Gasteiger partial charge >= 0.3 is 5.00 Å². The van der Waals surface area contributed by atoms with Gasteiger partial charge in [-0.15, -0.1) is 0 Å². The third-order valence-corrected chi connectivity index (χ3v) is 3.27. The molecule has 6 nitrogen and oxygen atoms in total. The molecule has 8 heteroatoms. The maximum absolute atomic E-state index is 13.4. The molecule has 1 aromatic carbocycles. The van der Waals surface area contributed by atoms with E-state index in [0.717, 1.165) is 6.07 Å². The lowest BCUT2D eigenvalue weighted by atomic mass is 10.2. The van der Waals surface area contributed by atoms with E-state index in [0.29, 0.717) is 17.0 Å². The second kappa shape index (κ2) is 5.02. The quantitative estimate of drug-likeness (QED) is 0.513. The zero-order valence-corrected chi connectivity index (χ0v) is 10.2. The predicted octanol–water partition coefficient (Wildman–Crippen LogP) is 2.63. The number of carbonyl (C=O) groups is 1. The van der Waals surface area contributed by atoms with Crippen LogP contribution in [0.5, 0.6) is 0 Å². The second-order valence-corrected chi connectivity index (χ2v) is 4.65. The topological polar surface area (TPSA) is 98.3 Å². The fraction of sp³-hybridized carbons (Fsp3) is 0. The molecule has 0 fully saturated rings. The van der Waals surface area contributed by atoms with Gasteiger partial charge in [-0.1, -0.05) is 11.3 Å². The van der Waals surface area contributed by atoms with Gasteiger partial charge in [-0.3, -0.25) is 14.9 Å². The molecule has 0 radical (unpaired) electrons. The predicted molar refractivity (Wildman–Crippen MR) is 69.7 cm³/mol. The lowest BCUT2D eigenvalue weighted by Gasteiger charge is -2.05. The van der Waals surface area contributed by atoms with Gasteiger partial charge in [-0.25, -0.2) is 4.39 Å². The Morgan fingerprint density at radius 1 is 1.37 bits per heavy atom. The van der Waals surface area contributed by atoms with E-state index in [4.69, 9.17) is 5.73 Å². The fourth-order valence-electron chi connectivity index (χ4n) is 1.37. The Morgan fingerprint density at radius 2 is 2.11 bits per heavy atom. The number of benzene rings is 1. The Hall–Kier alpha value is -2.48. The molecule has 1 amide bonds. The third kappa shape index (κ3) is 2.86. The summed E-state index contributed by atoms with van der Waals surface area (Å²) >= 11 is 0.714. The summed E-state index contributed by atoms with van der Waals surface area (Å²) in [5.41, 5.74) is 5.71. The molecule has 0 spiro atoms. The van der Waals surface area contributed by atoms with Crippen LogP contribution in [-0.2, 0) is 0 Å². The number of nitrogen functional groups attached to an aromatic ring is 1. The molecular weight excluding hydrogens is 273 g/mol. The summed E-state index contributed by atoms with van der Waals surface area (Å²) in [6.07, 6.45) is 0. The lowest BCUT2D eigenvalue weighted by Crippen LogP contribution is -2.11. The summed E-state index contributed by atoms with van der Waals surface area (Å²) in [4.78, 5) is 21.8. The number of nitro groups is 1. The van der Waals surface area contributed by atoms with Gasteiger partial charge in [0.1, 0.15) is 5.82 Å². The average molecular weight is 281 g/mol. The Labute approximate surface area is 110 Å². The van der Waals surface area contributed by atoms with Gasteiger partial charge in [-0.2, -0.15) is 0 Å². The van der Waals surface area contributed by atoms with E-state index >= 15 is 0 Å². The maximum Gasteiger partial charge on any atom is 0.324 e. The smallest absolute Gasteiger partial charge is 0.324 e. The molecule has 0 saturated heterocycles. The van der Waals surface area contributed by atoms with Crippen LogP contribution in [0.2, 0.25) is 0 Å². The molecule has 0 atom stereocenters. The molecule has 2 rings (SSSR count). The molecule has 0 aliphatic heterocycles. The molecule has 0 unspecified atom stereocenters. The first kappa shape index (κ1) is 13.0. The number of nitrogens with one attached hydrogen (secondary N) is 1. The first-order chi connectivity index (χ1) is 8.97. The van der Waals surface area contributed by atoms with Crippen LogP contribution in [-0.4, -0.2) is 10.8 Å². The number of carbonyl (C=O) groups excluding carboxylic acids is 1. The van der Waals surface area contributed by atoms with E-state index in [1.165, 1.54) is 24.3 Å². The minimum atomic E-state index is -0.631. The molecule has 1 aromatic heterocycles. The molecule has 19 heavy (non-hydrogen) atoms. The van der Waals surface area contributed by atoms with Crippen LogP contribution < -0.4 is 11.1 Å². The standard InChI is InChI=1S/C11H8FN3O3S/c12-7-2-1-6(13)5-8(7)14-11(16)9-3-4-10(19-9)15(17)18/h1-5H,13H2,(H,14,16). The Balaban J connectivity index is 2.20. The Bertz CT molecular complexity index is 656. The first-order valence-corrected chi connectivity index (χ1v) is 5.89. The van der Waals surface area contributed by atoms with Gasteiger partial charge < -0.3 is 11.1 Å². The molecule has 2 aromatic rings. The number of nitrogens with two attached hydrogens (primary N) is 1. The number of halogens is 1. The fourth-order valence-corrected chi connectivity index (χ4v) is 2.09. The summed E-state index contributed by atoms with van der Waals surface area (Å²) in [5, 5.41) is 12.7. The van der Waals surface area contributed by atoms with Crippen molar-refractivity contribution in [3.05, 3.63) is 51.1 Å². The van der Waals surface area contributed by atoms with Crippen LogP contribution >= 0.6 is 11.3 Å². The van der Waals surface area contributed by atoms with Gasteiger partial charge in [0.2, 0.25) is 0 Å². The van der Waals surface area contributed by atoms with Crippen LogP contribution in [0.4, 0.5) is 20.8 Å². The van der Waals surface area contributed by atoms with Crippen molar-refractivity contribution in [2.24, 2.45) is 0 Å². The first-order valence-electron chi connectivity index (χ1n) is 5.08. The van der Waals surface area contributed by atoms with Crippen molar-refractivity contribution in [2.75, 3.05) is 11.1 Å². The molecule has 0 bridgehead atoms. The van der Waals surface area contributed by atoms with Gasteiger partial charge in [-0.05, 0) is 24.3 Å². The van der Waals surface area contributed by atoms with Crippen LogP contribution in [0.1, 0.15) is 9.67 Å². The van der Waals surface area contributed by atoms with Gasteiger partial charge in [0.25, 0.3) is 5.91 Å². The minimum absolute atomic E-state index is 0.0685. The average Bonchev–Trinajstić information content (AvgIpc) is 2.83. The Morgan fingerprint density at radius 3 is 2.74 bits per heavy atom. The molecule has 0 aliphatic carbocycles. The summed E-state index contributed by atoms with van der Waals surface area (Å²) in [7, 11) is 0. The van der Waals surface area contributed by atoms with E-state index < -0.39 is 16.6 Å². The number of nitrogens with zero attached hydrogens (tertiary/aromatic N) is 1. The van der Waals surface area contributed by atoms with Gasteiger partial charge in [0, 0.05) is 11.8 Å². The van der Waals surface area contributed by atoms with Crippen LogP contribution in [0, 0.1) is 15.9 Å². The van der Waals surface area contributed by atoms with E-state index in [2.05, 4.69) is 5.32 Å². The highest BCUT2D eigenvalue weighted by Gasteiger charge is 2.16. The van der Waals surface area contributed by atoms with Crippen molar-refractivity contribution in [2.45, 2.75) is 0 Å². The van der Waals surface area contributed by atoms with E-state index in [-0.39, 0.29) is 15.6 Å². The van der Waals surface area contributed by atoms with Crippen molar-refractivity contribution in [1.82, 2.24) is 0 Å². The third-order valence-electron chi connectivity index (χ3n) is 2.23. The summed E-state index contributed by atoms with van der Waals surface area (Å²) in [6.45, 7) is 0. The van der Waals surface area contributed by atoms with Crippen molar-refractivity contribution in [3.63, 3.8) is 0 Å². The Kier molecular flexibility index (Phi) is 3.43. The SMILES string of the molecule is Nc1ccc(F)c(NC(=O)c2ccc([N+](=O)[O-])s2)c1. The van der Waals surface area contributed by atoms with Crippen LogP contribution in [0.3, 0.4) is 0 Å². The monoisotopic (exact) mass is 281 g/mol. The number of hydrogen-bond donors (Lipinski definition) is 2. The normalized spacial score (nSPS) is 10.2. The van der Waals surface area contributed by atoms with Crippen molar-refractivity contribution in [3.8, 4) is 0 Å². The number of amides is 1. The second-order valence-electron chi connectivity index (χ2n) is 3.59. The molecule has 98 valence electrons. The molecule has 0 aliphatic rings. The largest absolute Gasteiger partial charge is 0.399 e. The maximum atomic E-state index is 13.4. The van der Waals surface area contributed by atoms with Crippen LogP contribution in [0.25, 0.3) is 0 Å². The number of hydrogen-bond acceptors (Lipinski definition) is 5. The van der Waals surface area contributed by atoms with E-state index in [1.54, 1.807) is 0 Å². The van der Waals surface area contributed by atoms with Gasteiger partial charge in [0.05, 0.1) is 15.5 Å². The number of thiophene rings is 1. The molecule has 1 heterocycles. The zero-order valence-electron chi connectivity index (χ0n) is 9.42. The summed E-state index contributed by atoms with van der Waals surface area (Å²) in [5.74, 6) is -1.25. The highest BCUT2D eigenvalue weighted by atomic mass is 32.1. The van der Waals surface area contributed by atoms with Crippen molar-refractivity contribution < 1.29 is 14.1 Å². The molecule has 3 N–H and O–H groups in total. The van der Waals surface area contributed by atoms with Crippen LogP contribution in [0.15, 0.2) is 30.3 Å². The molecular formula is C11H8FN3O3S. The van der Waals surface area contributed by atoms with Crippen molar-refractivity contribution >= 4 is 33.6 Å². The van der Waals surface area contributed by atoms with Crippen molar-refractivity contribution in [1.29, 1.82) is 0 Å². The highest BCUT2D eigenvalue weighted by molar-refractivity contribution is 7.17. The minimum Gasteiger partial charge on any atom is -0.399 e. The molecule has 0 saturated carbocycles. The summed E-state index contributed by atoms with van der Waals surface area (Å²) in [6, 6.07) is 6.29. The van der Waals surface area contributed by atoms with E-state index in [9.17, 15) is 19.3 Å². The number of anilines is 2. The van der Waals surface area contributed by atoms with E-state index in [1.807, 2.05) is 0 Å². The number of rotatable bonds is 3. The highest BCUT2D eigenvalue weighted by Crippen LogP contribution is 2.25.